The molecule has 2 aromatic rings. The SMILES string of the molecule is O=C(NCc1cc(F)cc(F)c1)C1CCN(c2ccc(Br)cc2)C1=O. The minimum atomic E-state index is -0.790. The highest BCUT2D eigenvalue weighted by Crippen LogP contribution is 2.26. The number of halogens is 3. The van der Waals surface area contributed by atoms with Crippen molar-refractivity contribution in [2.24, 2.45) is 5.92 Å². The predicted octanol–water partition coefficient (Wildman–Crippen LogP) is 3.40. The summed E-state index contributed by atoms with van der Waals surface area (Å²) < 4.78 is 27.2. The van der Waals surface area contributed by atoms with Gasteiger partial charge >= 0.3 is 0 Å². The van der Waals surface area contributed by atoms with E-state index < -0.39 is 23.5 Å². The zero-order valence-corrected chi connectivity index (χ0v) is 14.7. The molecule has 3 rings (SSSR count). The molecule has 0 aliphatic carbocycles. The summed E-state index contributed by atoms with van der Waals surface area (Å²) in [6, 6.07) is 10.3. The van der Waals surface area contributed by atoms with Crippen LogP contribution in [-0.4, -0.2) is 18.4 Å². The number of carbonyl (C=O) groups excluding carboxylic acids is 2. The largest absolute Gasteiger partial charge is 0.351 e. The molecule has 2 amide bonds. The van der Waals surface area contributed by atoms with Crippen molar-refractivity contribution in [1.82, 2.24) is 5.32 Å². The summed E-state index contributed by atoms with van der Waals surface area (Å²) in [6.07, 6.45) is 0.401. The third-order valence-electron chi connectivity index (χ3n) is 4.05. The van der Waals surface area contributed by atoms with E-state index in [1.807, 2.05) is 12.1 Å². The van der Waals surface area contributed by atoms with Gasteiger partial charge < -0.3 is 10.2 Å². The van der Waals surface area contributed by atoms with E-state index in [9.17, 15) is 18.4 Å². The number of rotatable bonds is 4. The quantitative estimate of drug-likeness (QED) is 0.788. The second-order valence-electron chi connectivity index (χ2n) is 5.80. The molecule has 25 heavy (non-hydrogen) atoms. The molecule has 130 valence electrons. The van der Waals surface area contributed by atoms with Crippen molar-refractivity contribution in [3.8, 4) is 0 Å². The van der Waals surface area contributed by atoms with Crippen molar-refractivity contribution in [3.63, 3.8) is 0 Å². The van der Waals surface area contributed by atoms with E-state index in [-0.39, 0.29) is 12.5 Å². The Morgan fingerprint density at radius 2 is 1.80 bits per heavy atom. The summed E-state index contributed by atoms with van der Waals surface area (Å²) in [7, 11) is 0. The van der Waals surface area contributed by atoms with Crippen LogP contribution in [0.5, 0.6) is 0 Å². The molecule has 0 saturated carbocycles. The van der Waals surface area contributed by atoms with E-state index in [1.165, 1.54) is 0 Å². The van der Waals surface area contributed by atoms with Crippen molar-refractivity contribution in [2.75, 3.05) is 11.4 Å². The number of carbonyl (C=O) groups is 2. The van der Waals surface area contributed by atoms with Gasteiger partial charge in [-0.1, -0.05) is 15.9 Å². The molecule has 1 aliphatic rings. The van der Waals surface area contributed by atoms with E-state index in [2.05, 4.69) is 21.2 Å². The van der Waals surface area contributed by atoms with Crippen LogP contribution in [0.3, 0.4) is 0 Å². The normalized spacial score (nSPS) is 17.0. The van der Waals surface area contributed by atoms with E-state index >= 15 is 0 Å². The predicted molar refractivity (Wildman–Crippen MR) is 92.8 cm³/mol. The maximum Gasteiger partial charge on any atom is 0.239 e. The van der Waals surface area contributed by atoms with Crippen LogP contribution >= 0.6 is 15.9 Å². The van der Waals surface area contributed by atoms with Gasteiger partial charge in [0.1, 0.15) is 17.6 Å². The number of nitrogens with one attached hydrogen (secondary N) is 1. The Morgan fingerprint density at radius 3 is 2.44 bits per heavy atom. The summed E-state index contributed by atoms with van der Waals surface area (Å²) in [4.78, 5) is 26.3. The molecule has 1 saturated heterocycles. The molecular weight excluding hydrogens is 394 g/mol. The fourth-order valence-corrected chi connectivity index (χ4v) is 3.09. The number of nitrogens with zero attached hydrogens (tertiary/aromatic N) is 1. The van der Waals surface area contributed by atoms with Crippen LogP contribution < -0.4 is 10.2 Å². The van der Waals surface area contributed by atoms with Crippen LogP contribution in [-0.2, 0) is 16.1 Å². The van der Waals surface area contributed by atoms with Gasteiger partial charge in [0.05, 0.1) is 0 Å². The maximum absolute atomic E-state index is 13.2. The molecular formula is C18H15BrF2N2O2. The molecule has 0 aromatic heterocycles. The van der Waals surface area contributed by atoms with Crippen molar-refractivity contribution in [3.05, 3.63) is 64.1 Å². The van der Waals surface area contributed by atoms with Crippen LogP contribution in [0, 0.1) is 17.6 Å². The molecule has 1 heterocycles. The Hall–Kier alpha value is -2.28. The van der Waals surface area contributed by atoms with Crippen LogP contribution in [0.4, 0.5) is 14.5 Å². The van der Waals surface area contributed by atoms with Gasteiger partial charge in [-0.3, -0.25) is 9.59 Å². The summed E-state index contributed by atoms with van der Waals surface area (Å²) >= 11 is 3.34. The first-order valence-electron chi connectivity index (χ1n) is 7.73. The minimum Gasteiger partial charge on any atom is -0.351 e. The number of amides is 2. The molecule has 1 unspecified atom stereocenters. The minimum absolute atomic E-state index is 0.0322. The van der Waals surface area contributed by atoms with E-state index in [0.29, 0.717) is 18.5 Å². The van der Waals surface area contributed by atoms with Gasteiger partial charge in [-0.2, -0.15) is 0 Å². The van der Waals surface area contributed by atoms with Crippen molar-refractivity contribution < 1.29 is 18.4 Å². The summed E-state index contributed by atoms with van der Waals surface area (Å²) in [6.45, 7) is 0.419. The maximum atomic E-state index is 13.2. The van der Waals surface area contributed by atoms with Gasteiger partial charge in [-0.25, -0.2) is 8.78 Å². The zero-order valence-electron chi connectivity index (χ0n) is 13.1. The molecule has 7 heteroatoms. The Kier molecular flexibility index (Phi) is 5.13. The second kappa shape index (κ2) is 7.31. The van der Waals surface area contributed by atoms with Gasteiger partial charge in [0.2, 0.25) is 11.8 Å². The third kappa shape index (κ3) is 4.04. The Morgan fingerprint density at radius 1 is 1.16 bits per heavy atom. The van der Waals surface area contributed by atoms with Crippen molar-refractivity contribution >= 4 is 33.4 Å². The number of hydrogen-bond acceptors (Lipinski definition) is 2. The van der Waals surface area contributed by atoms with Gasteiger partial charge in [-0.15, -0.1) is 0 Å². The lowest BCUT2D eigenvalue weighted by Crippen LogP contribution is -2.36. The van der Waals surface area contributed by atoms with Gasteiger partial charge in [0, 0.05) is 29.3 Å². The van der Waals surface area contributed by atoms with E-state index in [0.717, 1.165) is 28.4 Å². The van der Waals surface area contributed by atoms with Crippen LogP contribution in [0.15, 0.2) is 46.9 Å². The number of hydrogen-bond donors (Lipinski definition) is 1. The average Bonchev–Trinajstić information content (AvgIpc) is 2.94. The topological polar surface area (TPSA) is 49.4 Å². The lowest BCUT2D eigenvalue weighted by Gasteiger charge is -2.17. The monoisotopic (exact) mass is 408 g/mol. The summed E-state index contributed by atoms with van der Waals surface area (Å²) in [5, 5.41) is 2.58. The van der Waals surface area contributed by atoms with E-state index in [4.69, 9.17) is 0 Å². The molecule has 1 aliphatic heterocycles. The molecule has 2 aromatic carbocycles. The highest BCUT2D eigenvalue weighted by Gasteiger charge is 2.37. The summed E-state index contributed by atoms with van der Waals surface area (Å²) in [5.74, 6) is -2.91. The standard InChI is InChI=1S/C18H15BrF2N2O2/c19-12-1-3-15(4-2-12)23-6-5-16(18(23)25)17(24)22-10-11-7-13(20)9-14(21)8-11/h1-4,7-9,16H,5-6,10H2,(H,22,24). The van der Waals surface area contributed by atoms with Crippen molar-refractivity contribution in [1.29, 1.82) is 0 Å². The van der Waals surface area contributed by atoms with Gasteiger partial charge in [0.25, 0.3) is 0 Å². The van der Waals surface area contributed by atoms with Crippen molar-refractivity contribution in [2.45, 2.75) is 13.0 Å². The first-order chi connectivity index (χ1) is 11.9. The first kappa shape index (κ1) is 17.5. The van der Waals surface area contributed by atoms with Crippen LogP contribution in [0.25, 0.3) is 0 Å². The molecule has 1 fully saturated rings. The number of benzene rings is 2. The molecule has 0 bridgehead atoms. The fraction of sp³-hybridized carbons (Fsp3) is 0.222. The van der Waals surface area contributed by atoms with E-state index in [1.54, 1.807) is 17.0 Å². The molecule has 1 N–H and O–H groups in total. The lowest BCUT2D eigenvalue weighted by atomic mass is 10.1. The average molecular weight is 409 g/mol. The van der Waals surface area contributed by atoms with Gasteiger partial charge in [-0.05, 0) is 48.4 Å². The van der Waals surface area contributed by atoms with Crippen LogP contribution in [0.1, 0.15) is 12.0 Å². The highest BCUT2D eigenvalue weighted by molar-refractivity contribution is 9.10. The molecule has 1 atom stereocenters. The fourth-order valence-electron chi connectivity index (χ4n) is 2.83. The summed E-state index contributed by atoms with van der Waals surface area (Å²) in [5.41, 5.74) is 1.04. The second-order valence-corrected chi connectivity index (χ2v) is 6.72. The van der Waals surface area contributed by atoms with Crippen LogP contribution in [0.2, 0.25) is 0 Å². The first-order valence-corrected chi connectivity index (χ1v) is 8.53. The smallest absolute Gasteiger partial charge is 0.239 e. The number of anilines is 1. The lowest BCUT2D eigenvalue weighted by molar-refractivity contribution is -0.132. The zero-order chi connectivity index (χ0) is 18.0. The highest BCUT2D eigenvalue weighted by atomic mass is 79.9. The Bertz CT molecular complexity index is 791. The third-order valence-corrected chi connectivity index (χ3v) is 4.58. The molecule has 0 radical (unpaired) electrons. The Labute approximate surface area is 152 Å². The molecule has 0 spiro atoms. The Balaban J connectivity index is 1.63. The molecule has 4 nitrogen and oxygen atoms in total. The van der Waals surface area contributed by atoms with Gasteiger partial charge in [0.15, 0.2) is 0 Å².